The number of halogens is 1. The van der Waals surface area contributed by atoms with Crippen molar-refractivity contribution in [2.45, 2.75) is 46.6 Å². The quantitative estimate of drug-likeness (QED) is 0.117. The van der Waals surface area contributed by atoms with E-state index in [0.29, 0.717) is 24.0 Å². The average Bonchev–Trinajstić information content (AvgIpc) is 2.83. The lowest BCUT2D eigenvalue weighted by molar-refractivity contribution is -0.130. The van der Waals surface area contributed by atoms with Crippen LogP contribution in [0.1, 0.15) is 50.9 Å². The van der Waals surface area contributed by atoms with Gasteiger partial charge in [-0.1, -0.05) is 44.2 Å². The molecule has 0 heterocycles. The van der Waals surface area contributed by atoms with Crippen LogP contribution in [-0.2, 0) is 4.79 Å². The molecule has 0 aliphatic rings. The van der Waals surface area contributed by atoms with E-state index >= 15 is 0 Å². The molecule has 0 fully saturated rings. The molecule has 9 heteroatoms. The minimum atomic E-state index is -0.522. The molecule has 1 aromatic rings. The second-order valence-electron chi connectivity index (χ2n) is 6.39. The van der Waals surface area contributed by atoms with Gasteiger partial charge in [-0.3, -0.25) is 14.8 Å². The highest BCUT2D eigenvalue weighted by atomic mass is 19.1. The Balaban J connectivity index is 0. The summed E-state index contributed by atoms with van der Waals surface area (Å²) in [5, 5.41) is 10.1. The smallest absolute Gasteiger partial charge is 0.245 e. The first kappa shape index (κ1) is 31.9. The summed E-state index contributed by atoms with van der Waals surface area (Å²) in [6.07, 6.45) is 12.3. The lowest BCUT2D eigenvalue weighted by Gasteiger charge is -2.26. The molecular formula is C24H38FN5O3. The van der Waals surface area contributed by atoms with Gasteiger partial charge in [-0.15, -0.1) is 0 Å². The number of amides is 1. The number of carbonyl (C=O) groups excluding carboxylic acids is 2. The van der Waals surface area contributed by atoms with Gasteiger partial charge in [0.2, 0.25) is 5.91 Å². The minimum absolute atomic E-state index is 0.0199. The number of allylic oxidation sites excluding steroid dienone is 5. The zero-order valence-electron chi connectivity index (χ0n) is 19.9. The Bertz CT molecular complexity index is 790. The largest absolute Gasteiger partial charge is 0.400 e. The Labute approximate surface area is 196 Å². The number of nitrogens with zero attached hydrogens (tertiary/aromatic N) is 1. The molecular weight excluding hydrogens is 425 g/mol. The summed E-state index contributed by atoms with van der Waals surface area (Å²) in [4.78, 5) is 21.5. The molecule has 1 unspecified atom stereocenters. The first-order valence-electron chi connectivity index (χ1n) is 10.6. The van der Waals surface area contributed by atoms with E-state index in [-0.39, 0.29) is 24.8 Å². The lowest BCUT2D eigenvalue weighted by atomic mass is 10.0. The molecule has 0 saturated heterocycles. The summed E-state index contributed by atoms with van der Waals surface area (Å²) in [5.74, 6) is 5.12. The molecule has 184 valence electrons. The van der Waals surface area contributed by atoms with Crippen molar-refractivity contribution >= 4 is 12.2 Å². The predicted octanol–water partition coefficient (Wildman–Crippen LogP) is 3.32. The number of hydrazine groups is 1. The second kappa shape index (κ2) is 20.6. The van der Waals surface area contributed by atoms with Crippen LogP contribution in [0.15, 0.2) is 72.1 Å². The van der Waals surface area contributed by atoms with E-state index < -0.39 is 5.91 Å². The van der Waals surface area contributed by atoms with Crippen LogP contribution in [-0.4, -0.2) is 35.0 Å². The highest BCUT2D eigenvalue weighted by Gasteiger charge is 2.18. The number of rotatable bonds is 10. The molecule has 0 radical (unpaired) electrons. The fourth-order valence-electron chi connectivity index (χ4n) is 2.33. The van der Waals surface area contributed by atoms with Crippen molar-refractivity contribution in [1.29, 1.82) is 0 Å². The van der Waals surface area contributed by atoms with Gasteiger partial charge in [-0.25, -0.2) is 15.7 Å². The Morgan fingerprint density at radius 3 is 2.24 bits per heavy atom. The fourth-order valence-corrected chi connectivity index (χ4v) is 2.33. The molecule has 33 heavy (non-hydrogen) atoms. The third-order valence-corrected chi connectivity index (χ3v) is 3.88. The number of benzene rings is 1. The van der Waals surface area contributed by atoms with Gasteiger partial charge in [0.25, 0.3) is 0 Å². The number of carbonyl (C=O) groups is 2. The van der Waals surface area contributed by atoms with Crippen molar-refractivity contribution in [1.82, 2.24) is 10.5 Å². The van der Waals surface area contributed by atoms with Crippen LogP contribution in [0.5, 0.6) is 0 Å². The highest BCUT2D eigenvalue weighted by molar-refractivity contribution is 5.75. The SMILES string of the molecule is CC.C\C=C/C=C(\C=C/C)CC(CC(=O)NO)N(N)/C=C(\N)CN.O=Cc1ccc(F)cc1. The fraction of sp³-hybridized carbons (Fsp3) is 0.333. The molecule has 1 atom stereocenters. The molecule has 1 aromatic carbocycles. The van der Waals surface area contributed by atoms with Gasteiger partial charge in [0.1, 0.15) is 12.1 Å². The van der Waals surface area contributed by atoms with Crippen molar-refractivity contribution < 1.29 is 19.2 Å². The van der Waals surface area contributed by atoms with E-state index in [2.05, 4.69) is 0 Å². The van der Waals surface area contributed by atoms with Gasteiger partial charge in [-0.05, 0) is 50.1 Å². The van der Waals surface area contributed by atoms with E-state index in [1.54, 1.807) is 5.48 Å². The number of hydroxylamine groups is 1. The van der Waals surface area contributed by atoms with E-state index in [4.69, 9.17) is 22.5 Å². The first-order chi connectivity index (χ1) is 15.8. The van der Waals surface area contributed by atoms with E-state index in [1.807, 2.05) is 58.1 Å². The molecule has 0 aromatic heterocycles. The number of hydrogen-bond acceptors (Lipinski definition) is 7. The normalized spacial score (nSPS) is 12.4. The number of aldehydes is 1. The van der Waals surface area contributed by atoms with Crippen LogP contribution in [0.4, 0.5) is 4.39 Å². The maximum Gasteiger partial charge on any atom is 0.245 e. The summed E-state index contributed by atoms with van der Waals surface area (Å²) in [7, 11) is 0. The van der Waals surface area contributed by atoms with Gasteiger partial charge in [-0.2, -0.15) is 0 Å². The summed E-state index contributed by atoms with van der Waals surface area (Å²) in [6.45, 7) is 7.99. The molecule has 8 N–H and O–H groups in total. The third-order valence-electron chi connectivity index (χ3n) is 3.88. The van der Waals surface area contributed by atoms with Crippen molar-refractivity contribution in [3.8, 4) is 0 Å². The number of nitrogens with two attached hydrogens (primary N) is 3. The van der Waals surface area contributed by atoms with Crippen LogP contribution < -0.4 is 22.8 Å². The van der Waals surface area contributed by atoms with Gasteiger partial charge in [0, 0.05) is 24.0 Å². The van der Waals surface area contributed by atoms with Crippen LogP contribution >= 0.6 is 0 Å². The van der Waals surface area contributed by atoms with Gasteiger partial charge in [0.15, 0.2) is 0 Å². The summed E-state index contributed by atoms with van der Waals surface area (Å²) >= 11 is 0. The van der Waals surface area contributed by atoms with Crippen LogP contribution in [0.3, 0.4) is 0 Å². The molecule has 0 saturated carbocycles. The van der Waals surface area contributed by atoms with Crippen molar-refractivity contribution in [3.63, 3.8) is 0 Å². The average molecular weight is 464 g/mol. The van der Waals surface area contributed by atoms with Crippen molar-refractivity contribution in [2.75, 3.05) is 6.54 Å². The zero-order valence-corrected chi connectivity index (χ0v) is 19.9. The summed E-state index contributed by atoms with van der Waals surface area (Å²) < 4.78 is 12.1. The molecule has 0 aliphatic carbocycles. The Morgan fingerprint density at radius 1 is 1.18 bits per heavy atom. The van der Waals surface area contributed by atoms with E-state index in [1.165, 1.54) is 35.5 Å². The minimum Gasteiger partial charge on any atom is -0.400 e. The van der Waals surface area contributed by atoms with Crippen molar-refractivity contribution in [2.24, 2.45) is 17.3 Å². The third kappa shape index (κ3) is 16.1. The first-order valence-corrected chi connectivity index (χ1v) is 10.6. The molecule has 1 amide bonds. The Kier molecular flexibility index (Phi) is 19.9. The molecule has 8 nitrogen and oxygen atoms in total. The Hall–Kier alpha value is -3.27. The van der Waals surface area contributed by atoms with E-state index in [0.717, 1.165) is 5.57 Å². The monoisotopic (exact) mass is 463 g/mol. The van der Waals surface area contributed by atoms with E-state index in [9.17, 15) is 14.0 Å². The molecule has 0 spiro atoms. The number of hydrogen-bond donors (Lipinski definition) is 5. The van der Waals surface area contributed by atoms with Crippen LogP contribution in [0, 0.1) is 5.82 Å². The topological polar surface area (TPSA) is 148 Å². The van der Waals surface area contributed by atoms with Gasteiger partial charge in [0.05, 0.1) is 12.5 Å². The highest BCUT2D eigenvalue weighted by Crippen LogP contribution is 2.15. The van der Waals surface area contributed by atoms with Gasteiger partial charge >= 0.3 is 0 Å². The molecule has 0 aliphatic heterocycles. The lowest BCUT2D eigenvalue weighted by Crippen LogP contribution is -2.41. The van der Waals surface area contributed by atoms with Gasteiger partial charge < -0.3 is 16.5 Å². The summed E-state index contributed by atoms with van der Waals surface area (Å²) in [5.41, 5.74) is 14.6. The summed E-state index contributed by atoms with van der Waals surface area (Å²) in [6, 6.07) is 5.00. The van der Waals surface area contributed by atoms with Crippen molar-refractivity contribution in [3.05, 3.63) is 83.5 Å². The standard InChI is InChI=1S/C15H27N5O2.C7H5FO.C2H6/c1-3-5-7-12(6-4-2)8-14(9-15(21)19-22)20(18)11-13(17)10-16;8-7-3-1-6(5-9)2-4-7;1-2/h3-7,11,14,22H,8-10,16-18H2,1-2H3,(H,19,21);1-5H;1-2H3/b5-3-,6-4-,12-7+,13-11-;;. The maximum atomic E-state index is 12.1. The van der Waals surface area contributed by atoms with Crippen LogP contribution in [0.25, 0.3) is 0 Å². The van der Waals surface area contributed by atoms with Crippen LogP contribution in [0.2, 0.25) is 0 Å². The molecule has 1 rings (SSSR count). The molecule has 0 bridgehead atoms. The Morgan fingerprint density at radius 2 is 1.79 bits per heavy atom. The second-order valence-corrected chi connectivity index (χ2v) is 6.39. The maximum absolute atomic E-state index is 12.1. The predicted molar refractivity (Wildman–Crippen MR) is 131 cm³/mol. The number of nitrogens with one attached hydrogen (secondary N) is 1. The zero-order chi connectivity index (χ0) is 25.6.